The molecule has 3 fully saturated rings. The van der Waals surface area contributed by atoms with Crippen molar-refractivity contribution >= 4 is 30.4 Å². The normalized spacial score (nSPS) is 32.0. The Hall–Kier alpha value is -2.62. The van der Waals surface area contributed by atoms with Crippen molar-refractivity contribution in [2.24, 2.45) is 5.92 Å². The number of likely N-dealkylation sites (tertiary alicyclic amines) is 1. The fourth-order valence-electron chi connectivity index (χ4n) is 5.68. The predicted octanol–water partition coefficient (Wildman–Crippen LogP) is 0.511. The van der Waals surface area contributed by atoms with Gasteiger partial charge in [0.15, 0.2) is 0 Å². The number of carbonyl (C=O) groups excluding carboxylic acids is 2. The maximum absolute atomic E-state index is 13.3. The molecule has 2 aromatic rings. The van der Waals surface area contributed by atoms with E-state index in [-0.39, 0.29) is 18.4 Å². The molecule has 1 aliphatic carbocycles. The van der Waals surface area contributed by atoms with Crippen LogP contribution in [0.1, 0.15) is 18.4 Å². The second-order valence-electron chi connectivity index (χ2n) is 9.06. The topological polar surface area (TPSA) is 103 Å². The number of para-hydroxylation sites is 1. The van der Waals surface area contributed by atoms with Crippen LogP contribution < -0.4 is 0 Å². The highest BCUT2D eigenvalue weighted by Crippen LogP contribution is 2.52. The maximum Gasteiger partial charge on any atom is 0.476 e. The van der Waals surface area contributed by atoms with Gasteiger partial charge < -0.3 is 29.0 Å². The summed E-state index contributed by atoms with van der Waals surface area (Å²) in [6, 6.07) is 7.15. The lowest BCUT2D eigenvalue weighted by Crippen LogP contribution is -2.58. The van der Waals surface area contributed by atoms with E-state index >= 15 is 0 Å². The van der Waals surface area contributed by atoms with Crippen LogP contribution in [0.5, 0.6) is 0 Å². The van der Waals surface area contributed by atoms with Crippen molar-refractivity contribution in [2.45, 2.75) is 49.0 Å². The third-order valence-electron chi connectivity index (χ3n) is 7.27. The van der Waals surface area contributed by atoms with Gasteiger partial charge in [-0.2, -0.15) is 0 Å². The minimum absolute atomic E-state index is 0.00820. The van der Waals surface area contributed by atoms with E-state index in [1.54, 1.807) is 6.26 Å². The second-order valence-corrected chi connectivity index (χ2v) is 9.06. The molecule has 9 heteroatoms. The summed E-state index contributed by atoms with van der Waals surface area (Å²) < 4.78 is 11.8. The van der Waals surface area contributed by atoms with E-state index in [0.717, 1.165) is 23.8 Å². The van der Waals surface area contributed by atoms with Gasteiger partial charge in [-0.1, -0.05) is 30.4 Å². The Morgan fingerprint density at radius 1 is 1.32 bits per heavy atom. The Morgan fingerprint density at radius 2 is 2.13 bits per heavy atom. The first-order valence-corrected chi connectivity index (χ1v) is 10.7. The molecule has 160 valence electrons. The molecule has 4 aliphatic rings. The minimum atomic E-state index is -1.78. The largest absolute Gasteiger partial charge is 0.476 e. The number of rotatable bonds is 7. The Bertz CT molecular complexity index is 1080. The predicted molar refractivity (Wildman–Crippen MR) is 111 cm³/mol. The molecule has 8 nitrogen and oxygen atoms in total. The van der Waals surface area contributed by atoms with Crippen LogP contribution in [0.3, 0.4) is 0 Å². The lowest BCUT2D eigenvalue weighted by molar-refractivity contribution is -0.135. The lowest BCUT2D eigenvalue weighted by Gasteiger charge is -2.37. The Balaban J connectivity index is 1.34. The number of nitrogens with zero attached hydrogens (tertiary/aromatic N) is 2. The van der Waals surface area contributed by atoms with Crippen molar-refractivity contribution in [3.63, 3.8) is 0 Å². The number of fused-ring (bicyclic) bond motifs is 2. The van der Waals surface area contributed by atoms with E-state index in [4.69, 9.17) is 9.15 Å². The zero-order valence-electron chi connectivity index (χ0n) is 16.8. The summed E-state index contributed by atoms with van der Waals surface area (Å²) in [7, 11) is -1.78. The molecular formula is C22H23BN2O6. The minimum Gasteiger partial charge on any atom is -0.464 e. The summed E-state index contributed by atoms with van der Waals surface area (Å²) in [4.78, 5) is 28.9. The van der Waals surface area contributed by atoms with Gasteiger partial charge >= 0.3 is 7.12 Å². The van der Waals surface area contributed by atoms with E-state index in [9.17, 15) is 19.6 Å². The number of hydrogen-bond donors (Lipinski definition) is 2. The third kappa shape index (κ3) is 2.73. The number of carbonyl (C=O) groups is 2. The first-order valence-electron chi connectivity index (χ1n) is 10.7. The summed E-state index contributed by atoms with van der Waals surface area (Å²) >= 11 is 0. The molecule has 0 radical (unpaired) electrons. The van der Waals surface area contributed by atoms with Gasteiger partial charge in [-0.25, -0.2) is 0 Å². The van der Waals surface area contributed by atoms with Gasteiger partial charge in [0.1, 0.15) is 11.2 Å². The highest BCUT2D eigenvalue weighted by atomic mass is 16.5. The van der Waals surface area contributed by atoms with Crippen molar-refractivity contribution in [3.8, 4) is 0 Å². The zero-order chi connectivity index (χ0) is 21.3. The summed E-state index contributed by atoms with van der Waals surface area (Å²) in [6.45, 7) is 0.496. The van der Waals surface area contributed by atoms with Gasteiger partial charge in [0, 0.05) is 11.4 Å². The van der Waals surface area contributed by atoms with Crippen molar-refractivity contribution in [3.05, 3.63) is 48.2 Å². The van der Waals surface area contributed by atoms with Gasteiger partial charge in [0.25, 0.3) is 0 Å². The zero-order valence-corrected chi connectivity index (χ0v) is 16.8. The van der Waals surface area contributed by atoms with Crippen LogP contribution in [0.25, 0.3) is 11.0 Å². The van der Waals surface area contributed by atoms with Crippen LogP contribution in [-0.2, 0) is 20.7 Å². The molecule has 2 N–H and O–H groups in total. The van der Waals surface area contributed by atoms with Crippen LogP contribution >= 0.6 is 0 Å². The number of hydrogen-bond acceptors (Lipinski definition) is 6. The van der Waals surface area contributed by atoms with Gasteiger partial charge in [0.05, 0.1) is 36.8 Å². The Kier molecular flexibility index (Phi) is 4.12. The molecule has 2 amide bonds. The standard InChI is InChI=1S/C22H23BN2O6/c26-12-25(18(23(28)29)9-13-10-30-16-4-2-1-3-15(13)16)20-17-7-8-22(31-17)11-24(14-5-6-14)21(27)19(20)22/h1-4,7-8,10,12,14,17-20,28-29H,5-6,9,11H2/t17-,18+,19?,20-,22-/m1/s1. The molecule has 1 aromatic heterocycles. The van der Waals surface area contributed by atoms with Gasteiger partial charge in [-0.3, -0.25) is 9.59 Å². The van der Waals surface area contributed by atoms with Crippen molar-refractivity contribution in [1.29, 1.82) is 0 Å². The van der Waals surface area contributed by atoms with E-state index < -0.39 is 36.7 Å². The molecule has 6 rings (SSSR count). The number of furan rings is 1. The summed E-state index contributed by atoms with van der Waals surface area (Å²) in [5, 5.41) is 21.3. The molecule has 2 bridgehead atoms. The highest BCUT2D eigenvalue weighted by molar-refractivity contribution is 6.43. The first kappa shape index (κ1) is 19.1. The summed E-state index contributed by atoms with van der Waals surface area (Å²) in [6.07, 6.45) is 7.78. The smallest absolute Gasteiger partial charge is 0.464 e. The SMILES string of the molecule is O=CN([C@@H](Cc1coc2ccccc12)B(O)O)[C@H]1C2C(=O)N(C3CC3)C[C@]23C=C[C@H]1O3. The molecule has 1 spiro atoms. The van der Waals surface area contributed by atoms with Crippen LogP contribution in [0.15, 0.2) is 47.1 Å². The van der Waals surface area contributed by atoms with Crippen LogP contribution in [0.4, 0.5) is 0 Å². The molecule has 5 atom stereocenters. The van der Waals surface area contributed by atoms with Crippen LogP contribution in [-0.4, -0.2) is 75.6 Å². The molecule has 1 saturated carbocycles. The van der Waals surface area contributed by atoms with Gasteiger partial charge in [-0.15, -0.1) is 0 Å². The lowest BCUT2D eigenvalue weighted by atomic mass is 9.72. The third-order valence-corrected chi connectivity index (χ3v) is 7.27. The molecule has 1 aromatic carbocycles. The van der Waals surface area contributed by atoms with E-state index in [0.29, 0.717) is 18.5 Å². The molecule has 1 unspecified atom stereocenters. The number of ether oxygens (including phenoxy) is 1. The van der Waals surface area contributed by atoms with Crippen LogP contribution in [0.2, 0.25) is 0 Å². The maximum atomic E-state index is 13.3. The number of benzene rings is 1. The highest BCUT2D eigenvalue weighted by Gasteiger charge is 2.68. The quantitative estimate of drug-likeness (QED) is 0.383. The average molecular weight is 422 g/mol. The van der Waals surface area contributed by atoms with Gasteiger partial charge in [0.2, 0.25) is 12.3 Å². The first-order chi connectivity index (χ1) is 15.0. The molecule has 31 heavy (non-hydrogen) atoms. The summed E-state index contributed by atoms with van der Waals surface area (Å²) in [5.74, 6) is -1.48. The van der Waals surface area contributed by atoms with Crippen molar-refractivity contribution < 1.29 is 28.8 Å². The Morgan fingerprint density at radius 3 is 2.87 bits per heavy atom. The van der Waals surface area contributed by atoms with Crippen molar-refractivity contribution in [1.82, 2.24) is 9.80 Å². The summed E-state index contributed by atoms with van der Waals surface area (Å²) in [5.41, 5.74) is 0.730. The van der Waals surface area contributed by atoms with Gasteiger partial charge in [-0.05, 0) is 30.9 Å². The monoisotopic (exact) mass is 422 g/mol. The average Bonchev–Trinajstić information content (AvgIpc) is 3.15. The molecule has 3 aliphatic heterocycles. The number of amides is 2. The fraction of sp³-hybridized carbons (Fsp3) is 0.455. The van der Waals surface area contributed by atoms with E-state index in [2.05, 4.69) is 0 Å². The fourth-order valence-corrected chi connectivity index (χ4v) is 5.68. The van der Waals surface area contributed by atoms with E-state index in [1.807, 2.05) is 41.3 Å². The molecule has 2 saturated heterocycles. The molecular weight excluding hydrogens is 399 g/mol. The van der Waals surface area contributed by atoms with Crippen LogP contribution in [0, 0.1) is 5.92 Å². The van der Waals surface area contributed by atoms with Crippen molar-refractivity contribution in [2.75, 3.05) is 6.54 Å². The van der Waals surface area contributed by atoms with E-state index in [1.165, 1.54) is 4.90 Å². The Labute approximate surface area is 179 Å². The molecule has 4 heterocycles. The second kappa shape index (κ2) is 6.69.